The molecule has 0 bridgehead atoms. The Morgan fingerprint density at radius 1 is 1.22 bits per heavy atom. The smallest absolute Gasteiger partial charge is 0.130 e. The highest BCUT2D eigenvalue weighted by Crippen LogP contribution is 2.26. The van der Waals surface area contributed by atoms with Crippen LogP contribution in [0.25, 0.3) is 0 Å². The van der Waals surface area contributed by atoms with Crippen LogP contribution in [0.3, 0.4) is 0 Å². The molecule has 1 unspecified atom stereocenters. The SMILES string of the molecule is CC(=O)CC(CCc1ccc(Cl)c(Cl)c1)C(C)C. The summed E-state index contributed by atoms with van der Waals surface area (Å²) < 4.78 is 0. The van der Waals surface area contributed by atoms with E-state index < -0.39 is 0 Å². The van der Waals surface area contributed by atoms with Gasteiger partial charge in [0.25, 0.3) is 0 Å². The third kappa shape index (κ3) is 4.99. The van der Waals surface area contributed by atoms with Gasteiger partial charge < -0.3 is 4.79 Å². The van der Waals surface area contributed by atoms with E-state index in [2.05, 4.69) is 13.8 Å². The standard InChI is InChI=1S/C15H20Cl2O/c1-10(2)13(8-11(3)18)6-4-12-5-7-14(16)15(17)9-12/h5,7,9-10,13H,4,6,8H2,1-3H3. The summed E-state index contributed by atoms with van der Waals surface area (Å²) in [6, 6.07) is 5.74. The highest BCUT2D eigenvalue weighted by atomic mass is 35.5. The number of Topliss-reactive ketones (excluding diaryl/α,β-unsaturated/α-hetero) is 1. The number of benzene rings is 1. The molecule has 100 valence electrons. The zero-order valence-corrected chi connectivity index (χ0v) is 12.7. The molecule has 18 heavy (non-hydrogen) atoms. The predicted molar refractivity (Wildman–Crippen MR) is 78.4 cm³/mol. The van der Waals surface area contributed by atoms with Crippen molar-refractivity contribution in [2.45, 2.75) is 40.0 Å². The fourth-order valence-electron chi connectivity index (χ4n) is 2.09. The quantitative estimate of drug-likeness (QED) is 0.704. The van der Waals surface area contributed by atoms with Gasteiger partial charge in [0.2, 0.25) is 0 Å². The van der Waals surface area contributed by atoms with Crippen LogP contribution in [0.1, 0.15) is 39.2 Å². The summed E-state index contributed by atoms with van der Waals surface area (Å²) >= 11 is 11.9. The first-order valence-corrected chi connectivity index (χ1v) is 7.09. The Morgan fingerprint density at radius 2 is 1.89 bits per heavy atom. The van der Waals surface area contributed by atoms with E-state index in [-0.39, 0.29) is 5.78 Å². The Morgan fingerprint density at radius 3 is 2.39 bits per heavy atom. The van der Waals surface area contributed by atoms with Gasteiger partial charge in [0, 0.05) is 6.42 Å². The maximum absolute atomic E-state index is 11.2. The molecule has 0 spiro atoms. The van der Waals surface area contributed by atoms with E-state index in [0.717, 1.165) is 12.8 Å². The highest BCUT2D eigenvalue weighted by molar-refractivity contribution is 6.42. The first-order chi connectivity index (χ1) is 8.40. The van der Waals surface area contributed by atoms with E-state index in [1.165, 1.54) is 5.56 Å². The lowest BCUT2D eigenvalue weighted by Gasteiger charge is -2.19. The van der Waals surface area contributed by atoms with E-state index in [1.807, 2.05) is 18.2 Å². The van der Waals surface area contributed by atoms with E-state index in [4.69, 9.17) is 23.2 Å². The Balaban J connectivity index is 2.61. The molecule has 3 heteroatoms. The van der Waals surface area contributed by atoms with Crippen molar-refractivity contribution < 1.29 is 4.79 Å². The molecule has 0 heterocycles. The maximum atomic E-state index is 11.2. The minimum absolute atomic E-state index is 0.267. The average Bonchev–Trinajstić information content (AvgIpc) is 2.28. The van der Waals surface area contributed by atoms with Crippen molar-refractivity contribution in [3.63, 3.8) is 0 Å². The monoisotopic (exact) mass is 286 g/mol. The van der Waals surface area contributed by atoms with Crippen molar-refractivity contribution in [2.24, 2.45) is 11.8 Å². The number of carbonyl (C=O) groups excluding carboxylic acids is 1. The van der Waals surface area contributed by atoms with Gasteiger partial charge in [0.1, 0.15) is 5.78 Å². The highest BCUT2D eigenvalue weighted by Gasteiger charge is 2.15. The zero-order valence-electron chi connectivity index (χ0n) is 11.2. The minimum Gasteiger partial charge on any atom is -0.300 e. The summed E-state index contributed by atoms with van der Waals surface area (Å²) in [6.07, 6.45) is 2.61. The number of carbonyl (C=O) groups is 1. The molecular weight excluding hydrogens is 267 g/mol. The Labute approximate surface area is 119 Å². The summed E-state index contributed by atoms with van der Waals surface area (Å²) in [6.45, 7) is 6.00. The number of halogens is 2. The summed E-state index contributed by atoms with van der Waals surface area (Å²) in [5.74, 6) is 1.23. The van der Waals surface area contributed by atoms with Crippen molar-refractivity contribution in [3.8, 4) is 0 Å². The molecule has 0 aliphatic heterocycles. The molecule has 0 saturated carbocycles. The van der Waals surface area contributed by atoms with Gasteiger partial charge in [-0.3, -0.25) is 0 Å². The number of hydrogen-bond donors (Lipinski definition) is 0. The van der Waals surface area contributed by atoms with Crippen molar-refractivity contribution >= 4 is 29.0 Å². The second-order valence-electron chi connectivity index (χ2n) is 5.20. The minimum atomic E-state index is 0.267. The van der Waals surface area contributed by atoms with E-state index in [9.17, 15) is 4.79 Å². The molecule has 1 atom stereocenters. The van der Waals surface area contributed by atoms with E-state index >= 15 is 0 Å². The van der Waals surface area contributed by atoms with Crippen molar-refractivity contribution in [1.29, 1.82) is 0 Å². The molecule has 1 nitrogen and oxygen atoms in total. The third-order valence-corrected chi connectivity index (χ3v) is 4.02. The molecule has 0 radical (unpaired) electrons. The fourth-order valence-corrected chi connectivity index (χ4v) is 2.41. The molecule has 0 aromatic heterocycles. The van der Waals surface area contributed by atoms with Gasteiger partial charge in [0.05, 0.1) is 10.0 Å². The molecule has 0 amide bonds. The van der Waals surface area contributed by atoms with E-state index in [1.54, 1.807) is 6.92 Å². The van der Waals surface area contributed by atoms with Gasteiger partial charge in [-0.15, -0.1) is 0 Å². The second kappa shape index (κ2) is 7.16. The van der Waals surface area contributed by atoms with Crippen LogP contribution >= 0.6 is 23.2 Å². The number of rotatable bonds is 6. The Kier molecular flexibility index (Phi) is 6.17. The molecule has 0 saturated heterocycles. The Hall–Kier alpha value is -0.530. The topological polar surface area (TPSA) is 17.1 Å². The molecule has 0 aliphatic carbocycles. The van der Waals surface area contributed by atoms with Crippen LogP contribution in [-0.2, 0) is 11.2 Å². The van der Waals surface area contributed by atoms with Gasteiger partial charge in [-0.2, -0.15) is 0 Å². The second-order valence-corrected chi connectivity index (χ2v) is 6.01. The predicted octanol–water partition coefficient (Wildman–Crippen LogP) is 5.18. The molecule has 0 aliphatic rings. The van der Waals surface area contributed by atoms with Crippen LogP contribution < -0.4 is 0 Å². The lowest BCUT2D eigenvalue weighted by Crippen LogP contribution is -2.13. The van der Waals surface area contributed by atoms with E-state index in [0.29, 0.717) is 28.3 Å². The number of hydrogen-bond acceptors (Lipinski definition) is 1. The lowest BCUT2D eigenvalue weighted by molar-refractivity contribution is -0.118. The molecule has 1 aromatic carbocycles. The number of aryl methyl sites for hydroxylation is 1. The first kappa shape index (κ1) is 15.5. The van der Waals surface area contributed by atoms with Crippen LogP contribution in [0.5, 0.6) is 0 Å². The van der Waals surface area contributed by atoms with Gasteiger partial charge in [-0.05, 0) is 49.3 Å². The van der Waals surface area contributed by atoms with Gasteiger partial charge in [0.15, 0.2) is 0 Å². The number of ketones is 1. The molecule has 0 N–H and O–H groups in total. The van der Waals surface area contributed by atoms with Gasteiger partial charge in [-0.1, -0.05) is 43.1 Å². The van der Waals surface area contributed by atoms with Crippen molar-refractivity contribution in [3.05, 3.63) is 33.8 Å². The summed E-state index contributed by atoms with van der Waals surface area (Å²) in [5.41, 5.74) is 1.18. The van der Waals surface area contributed by atoms with Crippen LogP contribution in [-0.4, -0.2) is 5.78 Å². The fraction of sp³-hybridized carbons (Fsp3) is 0.533. The first-order valence-electron chi connectivity index (χ1n) is 6.33. The summed E-state index contributed by atoms with van der Waals surface area (Å²) in [7, 11) is 0. The maximum Gasteiger partial charge on any atom is 0.130 e. The average molecular weight is 287 g/mol. The molecular formula is C15H20Cl2O. The van der Waals surface area contributed by atoms with Gasteiger partial charge in [-0.25, -0.2) is 0 Å². The van der Waals surface area contributed by atoms with Crippen LogP contribution in [0, 0.1) is 11.8 Å². The molecule has 0 fully saturated rings. The van der Waals surface area contributed by atoms with Crippen LogP contribution in [0.4, 0.5) is 0 Å². The normalized spacial score (nSPS) is 12.8. The molecule has 1 aromatic rings. The summed E-state index contributed by atoms with van der Waals surface area (Å²) in [4.78, 5) is 11.2. The van der Waals surface area contributed by atoms with Crippen LogP contribution in [0.2, 0.25) is 10.0 Å². The van der Waals surface area contributed by atoms with Crippen LogP contribution in [0.15, 0.2) is 18.2 Å². The van der Waals surface area contributed by atoms with Gasteiger partial charge >= 0.3 is 0 Å². The summed E-state index contributed by atoms with van der Waals surface area (Å²) in [5, 5.41) is 1.19. The largest absolute Gasteiger partial charge is 0.300 e. The van der Waals surface area contributed by atoms with Crippen molar-refractivity contribution in [1.82, 2.24) is 0 Å². The Bertz CT molecular complexity index is 413. The third-order valence-electron chi connectivity index (χ3n) is 3.28. The molecule has 1 rings (SSSR count). The van der Waals surface area contributed by atoms with Crippen molar-refractivity contribution in [2.75, 3.05) is 0 Å². The zero-order chi connectivity index (χ0) is 13.7. The lowest BCUT2D eigenvalue weighted by atomic mass is 9.86.